The number of hydrogen-bond donors (Lipinski definition) is 1. The van der Waals surface area contributed by atoms with E-state index in [4.69, 9.17) is 0 Å². The Morgan fingerprint density at radius 2 is 2.00 bits per heavy atom. The average Bonchev–Trinajstić information content (AvgIpc) is 2.10. The van der Waals surface area contributed by atoms with Crippen LogP contribution in [0.3, 0.4) is 0 Å². The van der Waals surface area contributed by atoms with Crippen LogP contribution in [0, 0.1) is 6.92 Å². The van der Waals surface area contributed by atoms with Gasteiger partial charge in [0.25, 0.3) is 0 Å². The molecule has 1 N–H and O–H groups in total. The second-order valence-corrected chi connectivity index (χ2v) is 4.86. The van der Waals surface area contributed by atoms with Gasteiger partial charge in [-0.1, -0.05) is 29.8 Å². The quantitative estimate of drug-likeness (QED) is 0.831. The molecule has 3 heteroatoms. The molecule has 82 valence electrons. The van der Waals surface area contributed by atoms with E-state index < -0.39 is 0 Å². The highest BCUT2D eigenvalue weighted by molar-refractivity contribution is 9.10. The van der Waals surface area contributed by atoms with Crippen LogP contribution in [0.15, 0.2) is 10.5 Å². The van der Waals surface area contributed by atoms with Gasteiger partial charge in [-0.2, -0.15) is 0 Å². The fraction of sp³-hybridized carbons (Fsp3) is 0.417. The molecule has 0 aliphatic heterocycles. The van der Waals surface area contributed by atoms with Crippen LogP contribution in [0.5, 0.6) is 5.75 Å². The van der Waals surface area contributed by atoms with Crippen LogP contribution in [0.4, 0.5) is 0 Å². The van der Waals surface area contributed by atoms with E-state index in [1.54, 1.807) is 0 Å². The molecule has 15 heavy (non-hydrogen) atoms. The van der Waals surface area contributed by atoms with E-state index in [9.17, 15) is 9.90 Å². The summed E-state index contributed by atoms with van der Waals surface area (Å²) < 4.78 is 0.870. The molecule has 2 nitrogen and oxygen atoms in total. The molecule has 0 radical (unpaired) electrons. The van der Waals surface area contributed by atoms with Crippen molar-refractivity contribution in [3.8, 4) is 5.75 Å². The molecule has 0 aliphatic rings. The molecule has 0 spiro atoms. The number of hydrogen-bond acceptors (Lipinski definition) is 2. The van der Waals surface area contributed by atoms with E-state index in [1.165, 1.54) is 6.92 Å². The van der Waals surface area contributed by atoms with Gasteiger partial charge in [-0.15, -0.1) is 0 Å². The Hall–Kier alpha value is -0.830. The van der Waals surface area contributed by atoms with E-state index in [0.29, 0.717) is 5.56 Å². The SMILES string of the molecule is CC(=O)c1c(C)c(Br)cc(C(C)C)c1O. The Morgan fingerprint density at radius 3 is 2.40 bits per heavy atom. The van der Waals surface area contributed by atoms with Crippen LogP contribution >= 0.6 is 15.9 Å². The molecule has 1 rings (SSSR count). The molecule has 0 atom stereocenters. The van der Waals surface area contributed by atoms with Crippen molar-refractivity contribution in [3.05, 3.63) is 27.2 Å². The second kappa shape index (κ2) is 4.35. The van der Waals surface area contributed by atoms with E-state index in [1.807, 2.05) is 26.8 Å². The van der Waals surface area contributed by atoms with Crippen molar-refractivity contribution in [2.75, 3.05) is 0 Å². The molecule has 0 saturated heterocycles. The highest BCUT2D eigenvalue weighted by Crippen LogP contribution is 2.35. The Bertz CT molecular complexity index is 409. The number of phenolic OH excluding ortho intramolecular Hbond substituents is 1. The van der Waals surface area contributed by atoms with Gasteiger partial charge < -0.3 is 5.11 Å². The maximum absolute atomic E-state index is 11.4. The third kappa shape index (κ3) is 2.23. The monoisotopic (exact) mass is 270 g/mol. The molecule has 0 saturated carbocycles. The van der Waals surface area contributed by atoms with Crippen LogP contribution < -0.4 is 0 Å². The van der Waals surface area contributed by atoms with Crippen molar-refractivity contribution in [3.63, 3.8) is 0 Å². The van der Waals surface area contributed by atoms with Crippen LogP contribution in [-0.4, -0.2) is 10.9 Å². The molecule has 1 aromatic carbocycles. The number of carbonyl (C=O) groups excluding carboxylic acids is 1. The van der Waals surface area contributed by atoms with Crippen molar-refractivity contribution in [2.24, 2.45) is 0 Å². The minimum absolute atomic E-state index is 0.104. The summed E-state index contributed by atoms with van der Waals surface area (Å²) in [5.41, 5.74) is 2.02. The number of Topliss-reactive ketones (excluding diaryl/α,β-unsaturated/α-hetero) is 1. The lowest BCUT2D eigenvalue weighted by atomic mass is 9.94. The number of aromatic hydroxyl groups is 1. The minimum atomic E-state index is -0.104. The number of carbonyl (C=O) groups is 1. The smallest absolute Gasteiger partial charge is 0.163 e. The van der Waals surface area contributed by atoms with E-state index in [-0.39, 0.29) is 17.5 Å². The lowest BCUT2D eigenvalue weighted by Gasteiger charge is -2.14. The Balaban J connectivity index is 3.56. The first-order chi connectivity index (χ1) is 6.86. The summed E-state index contributed by atoms with van der Waals surface area (Å²) in [6.45, 7) is 7.27. The molecule has 0 fully saturated rings. The zero-order valence-corrected chi connectivity index (χ0v) is 11.0. The largest absolute Gasteiger partial charge is 0.507 e. The first-order valence-electron chi connectivity index (χ1n) is 4.89. The van der Waals surface area contributed by atoms with Gasteiger partial charge in [0.15, 0.2) is 5.78 Å². The zero-order valence-electron chi connectivity index (χ0n) is 9.39. The predicted octanol–water partition coefficient (Wildman–Crippen LogP) is 3.79. The predicted molar refractivity (Wildman–Crippen MR) is 64.6 cm³/mol. The summed E-state index contributed by atoms with van der Waals surface area (Å²) in [7, 11) is 0. The molecule has 0 amide bonds. The van der Waals surface area contributed by atoms with Crippen LogP contribution in [0.25, 0.3) is 0 Å². The topological polar surface area (TPSA) is 37.3 Å². The first kappa shape index (κ1) is 12.2. The normalized spacial score (nSPS) is 10.8. The molecule has 0 bridgehead atoms. The third-order valence-electron chi connectivity index (χ3n) is 2.50. The maximum Gasteiger partial charge on any atom is 0.163 e. The van der Waals surface area contributed by atoms with Crippen molar-refractivity contribution in [1.29, 1.82) is 0 Å². The number of halogens is 1. The van der Waals surface area contributed by atoms with Gasteiger partial charge in [0.1, 0.15) is 5.75 Å². The summed E-state index contributed by atoms with van der Waals surface area (Å²) >= 11 is 3.40. The second-order valence-electron chi connectivity index (χ2n) is 4.01. The zero-order chi connectivity index (χ0) is 11.7. The average molecular weight is 271 g/mol. The van der Waals surface area contributed by atoms with Gasteiger partial charge in [-0.05, 0) is 37.0 Å². The molecule has 0 unspecified atom stereocenters. The van der Waals surface area contributed by atoms with Crippen molar-refractivity contribution in [2.45, 2.75) is 33.6 Å². The maximum atomic E-state index is 11.4. The summed E-state index contributed by atoms with van der Waals surface area (Å²) in [6, 6.07) is 1.88. The lowest BCUT2D eigenvalue weighted by Crippen LogP contribution is -2.02. The molecule has 0 aliphatic carbocycles. The van der Waals surface area contributed by atoms with Crippen molar-refractivity contribution in [1.82, 2.24) is 0 Å². The molecular formula is C12H15BrO2. The van der Waals surface area contributed by atoms with Gasteiger partial charge >= 0.3 is 0 Å². The number of benzene rings is 1. The Kier molecular flexibility index (Phi) is 3.55. The van der Waals surface area contributed by atoms with E-state index in [2.05, 4.69) is 15.9 Å². The highest BCUT2D eigenvalue weighted by atomic mass is 79.9. The van der Waals surface area contributed by atoms with Gasteiger partial charge in [0.05, 0.1) is 5.56 Å². The summed E-state index contributed by atoms with van der Waals surface area (Å²) in [5.74, 6) is 0.214. The van der Waals surface area contributed by atoms with Crippen LogP contribution in [0.1, 0.15) is 48.2 Å². The fourth-order valence-electron chi connectivity index (χ4n) is 1.63. The summed E-state index contributed by atoms with van der Waals surface area (Å²) in [4.78, 5) is 11.4. The summed E-state index contributed by atoms with van der Waals surface area (Å²) in [5, 5.41) is 9.99. The molecular weight excluding hydrogens is 256 g/mol. The third-order valence-corrected chi connectivity index (χ3v) is 3.32. The Labute approximate surface area is 98.4 Å². The van der Waals surface area contributed by atoms with Gasteiger partial charge in [0.2, 0.25) is 0 Å². The fourth-order valence-corrected chi connectivity index (χ4v) is 2.07. The molecule has 0 heterocycles. The number of ketones is 1. The van der Waals surface area contributed by atoms with Crippen molar-refractivity contribution >= 4 is 21.7 Å². The molecule has 1 aromatic rings. The molecule has 0 aromatic heterocycles. The number of rotatable bonds is 2. The van der Waals surface area contributed by atoms with E-state index >= 15 is 0 Å². The first-order valence-corrected chi connectivity index (χ1v) is 5.68. The van der Waals surface area contributed by atoms with Crippen LogP contribution in [0.2, 0.25) is 0 Å². The minimum Gasteiger partial charge on any atom is -0.507 e. The standard InChI is InChI=1S/C12H15BrO2/c1-6(2)9-5-10(13)7(3)11(8(4)14)12(9)15/h5-6,15H,1-4H3. The highest BCUT2D eigenvalue weighted by Gasteiger charge is 2.18. The van der Waals surface area contributed by atoms with Crippen molar-refractivity contribution < 1.29 is 9.90 Å². The summed E-state index contributed by atoms with van der Waals surface area (Å²) in [6.07, 6.45) is 0. The van der Waals surface area contributed by atoms with Gasteiger partial charge in [0, 0.05) is 4.47 Å². The van der Waals surface area contributed by atoms with Gasteiger partial charge in [-0.25, -0.2) is 0 Å². The van der Waals surface area contributed by atoms with E-state index in [0.717, 1.165) is 15.6 Å². The van der Waals surface area contributed by atoms with Crippen LogP contribution in [-0.2, 0) is 0 Å². The van der Waals surface area contributed by atoms with Gasteiger partial charge in [-0.3, -0.25) is 4.79 Å². The lowest BCUT2D eigenvalue weighted by molar-refractivity contribution is 0.101. The Morgan fingerprint density at radius 1 is 1.47 bits per heavy atom. The number of phenols is 1.